The zero-order chi connectivity index (χ0) is 16.1. The molecule has 2 rings (SSSR count). The van der Waals surface area contributed by atoms with Gasteiger partial charge in [0.2, 0.25) is 0 Å². The fourth-order valence-corrected chi connectivity index (χ4v) is 3.24. The average molecular weight is 379 g/mol. The van der Waals surface area contributed by atoms with Gasteiger partial charge in [-0.1, -0.05) is 46.9 Å². The molecule has 0 aliphatic heterocycles. The van der Waals surface area contributed by atoms with E-state index in [1.54, 1.807) is 18.2 Å². The predicted octanol–water partition coefficient (Wildman–Crippen LogP) is 4.18. The van der Waals surface area contributed by atoms with Crippen LogP contribution in [0.3, 0.4) is 0 Å². The van der Waals surface area contributed by atoms with Gasteiger partial charge in [-0.3, -0.25) is 4.79 Å². The molecule has 0 atom stereocenters. The second-order valence-electron chi connectivity index (χ2n) is 4.22. The van der Waals surface area contributed by atoms with Gasteiger partial charge in [-0.05, 0) is 23.8 Å². The Hall–Kier alpha value is -1.27. The van der Waals surface area contributed by atoms with E-state index >= 15 is 0 Å². The van der Waals surface area contributed by atoms with Gasteiger partial charge >= 0.3 is 5.97 Å². The number of carbonyl (C=O) groups excluding carboxylic acids is 2. The summed E-state index contributed by atoms with van der Waals surface area (Å²) in [6, 6.07) is 8.49. The molecule has 2 aromatic rings. The molecule has 1 aromatic heterocycles. The highest BCUT2D eigenvalue weighted by Crippen LogP contribution is 2.31. The molecule has 8 heteroatoms. The van der Waals surface area contributed by atoms with E-state index in [1.807, 2.05) is 6.07 Å². The van der Waals surface area contributed by atoms with Gasteiger partial charge in [0.25, 0.3) is 5.91 Å². The number of esters is 1. The summed E-state index contributed by atoms with van der Waals surface area (Å²) in [7, 11) is 0. The molecule has 0 radical (unpaired) electrons. The molecule has 0 fully saturated rings. The first-order valence-electron chi connectivity index (χ1n) is 6.09. The van der Waals surface area contributed by atoms with Crippen LogP contribution in [0.1, 0.15) is 15.9 Å². The number of hydrogen-bond acceptors (Lipinski definition) is 4. The van der Waals surface area contributed by atoms with E-state index in [0.29, 0.717) is 15.9 Å². The number of carbonyl (C=O) groups is 2. The number of halogens is 3. The van der Waals surface area contributed by atoms with Gasteiger partial charge in [0.1, 0.15) is 4.34 Å². The standard InChI is InChI=1S/C14H10Cl3NO3S/c15-9-3-1-2-8(4-9)6-18-12(19)7-21-14(20)10-5-11(16)22-13(10)17/h1-5H,6-7H2,(H,18,19). The third-order valence-corrected chi connectivity index (χ3v) is 4.31. The molecule has 1 N–H and O–H groups in total. The van der Waals surface area contributed by atoms with Gasteiger partial charge in [-0.2, -0.15) is 0 Å². The number of amides is 1. The van der Waals surface area contributed by atoms with Gasteiger partial charge in [0.15, 0.2) is 6.61 Å². The van der Waals surface area contributed by atoms with Gasteiger partial charge in [-0.25, -0.2) is 4.79 Å². The first-order chi connectivity index (χ1) is 10.5. The minimum atomic E-state index is -0.689. The van der Waals surface area contributed by atoms with Crippen molar-refractivity contribution in [2.45, 2.75) is 6.54 Å². The molecule has 116 valence electrons. The van der Waals surface area contributed by atoms with E-state index in [-0.39, 0.29) is 9.90 Å². The highest BCUT2D eigenvalue weighted by molar-refractivity contribution is 7.20. The van der Waals surface area contributed by atoms with Crippen molar-refractivity contribution in [3.05, 3.63) is 55.2 Å². The third-order valence-electron chi connectivity index (χ3n) is 2.59. The summed E-state index contributed by atoms with van der Waals surface area (Å²) in [5, 5.41) is 3.21. The maximum absolute atomic E-state index is 11.7. The summed E-state index contributed by atoms with van der Waals surface area (Å²) in [6.07, 6.45) is 0. The second-order valence-corrected chi connectivity index (χ2v) is 6.94. The number of benzene rings is 1. The quantitative estimate of drug-likeness (QED) is 0.794. The molecule has 1 amide bonds. The fourth-order valence-electron chi connectivity index (χ4n) is 1.59. The Kier molecular flexibility index (Phi) is 6.08. The van der Waals surface area contributed by atoms with Crippen LogP contribution in [0.4, 0.5) is 0 Å². The lowest BCUT2D eigenvalue weighted by molar-refractivity contribution is -0.124. The number of ether oxygens (including phenoxy) is 1. The van der Waals surface area contributed by atoms with Crippen LogP contribution in [0.5, 0.6) is 0 Å². The van der Waals surface area contributed by atoms with Crippen molar-refractivity contribution in [2.24, 2.45) is 0 Å². The van der Waals surface area contributed by atoms with Crippen LogP contribution in [0, 0.1) is 0 Å². The van der Waals surface area contributed by atoms with Crippen LogP contribution < -0.4 is 5.32 Å². The van der Waals surface area contributed by atoms with E-state index in [2.05, 4.69) is 5.32 Å². The van der Waals surface area contributed by atoms with Crippen LogP contribution >= 0.6 is 46.1 Å². The lowest BCUT2D eigenvalue weighted by atomic mass is 10.2. The Morgan fingerprint density at radius 1 is 1.18 bits per heavy atom. The lowest BCUT2D eigenvalue weighted by Gasteiger charge is -2.06. The minimum absolute atomic E-state index is 0.152. The van der Waals surface area contributed by atoms with Gasteiger partial charge in [0, 0.05) is 11.6 Å². The topological polar surface area (TPSA) is 55.4 Å². The lowest BCUT2D eigenvalue weighted by Crippen LogP contribution is -2.28. The molecule has 1 aromatic carbocycles. The fraction of sp³-hybridized carbons (Fsp3) is 0.143. The molecule has 0 spiro atoms. The molecule has 0 aliphatic carbocycles. The maximum Gasteiger partial charge on any atom is 0.341 e. The van der Waals surface area contributed by atoms with Crippen molar-refractivity contribution < 1.29 is 14.3 Å². The van der Waals surface area contributed by atoms with E-state index in [4.69, 9.17) is 39.5 Å². The summed E-state index contributed by atoms with van der Waals surface area (Å²) in [5.41, 5.74) is 0.999. The van der Waals surface area contributed by atoms with Crippen molar-refractivity contribution in [2.75, 3.05) is 6.61 Å². The third kappa shape index (κ3) is 4.88. The summed E-state index contributed by atoms with van der Waals surface area (Å²) >= 11 is 18.5. The molecule has 22 heavy (non-hydrogen) atoms. The summed E-state index contributed by atoms with van der Waals surface area (Å²) < 4.78 is 5.49. The Bertz CT molecular complexity index is 702. The number of thiophene rings is 1. The first-order valence-corrected chi connectivity index (χ1v) is 8.04. The Morgan fingerprint density at radius 3 is 2.59 bits per heavy atom. The molecule has 0 unspecified atom stereocenters. The summed E-state index contributed by atoms with van der Waals surface area (Å²) in [4.78, 5) is 23.4. The van der Waals surface area contributed by atoms with Crippen LogP contribution in [0.2, 0.25) is 13.7 Å². The predicted molar refractivity (Wildman–Crippen MR) is 87.9 cm³/mol. The summed E-state index contributed by atoms with van der Waals surface area (Å²) in [5.74, 6) is -1.11. The molecular weight excluding hydrogens is 369 g/mol. The normalized spacial score (nSPS) is 10.3. The molecule has 0 aliphatic rings. The van der Waals surface area contributed by atoms with Crippen molar-refractivity contribution in [3.63, 3.8) is 0 Å². The van der Waals surface area contributed by atoms with Crippen LogP contribution in [-0.4, -0.2) is 18.5 Å². The molecule has 0 saturated heterocycles. The van der Waals surface area contributed by atoms with Crippen molar-refractivity contribution >= 4 is 58.0 Å². The van der Waals surface area contributed by atoms with Crippen molar-refractivity contribution in [1.82, 2.24) is 5.32 Å². The van der Waals surface area contributed by atoms with Crippen molar-refractivity contribution in [3.8, 4) is 0 Å². The first kappa shape index (κ1) is 17.1. The Labute approximate surface area is 145 Å². The smallest absolute Gasteiger partial charge is 0.341 e. The van der Waals surface area contributed by atoms with Gasteiger partial charge in [-0.15, -0.1) is 11.3 Å². The summed E-state index contributed by atoms with van der Waals surface area (Å²) in [6.45, 7) is -0.106. The molecule has 0 saturated carbocycles. The monoisotopic (exact) mass is 377 g/mol. The number of rotatable bonds is 5. The highest BCUT2D eigenvalue weighted by atomic mass is 35.5. The largest absolute Gasteiger partial charge is 0.452 e. The molecular formula is C14H10Cl3NO3S. The van der Waals surface area contributed by atoms with Gasteiger partial charge in [0.05, 0.1) is 9.90 Å². The Morgan fingerprint density at radius 2 is 1.95 bits per heavy atom. The maximum atomic E-state index is 11.7. The molecule has 0 bridgehead atoms. The van der Waals surface area contributed by atoms with E-state index in [0.717, 1.165) is 16.9 Å². The second kappa shape index (κ2) is 7.83. The highest BCUT2D eigenvalue weighted by Gasteiger charge is 2.16. The van der Waals surface area contributed by atoms with Crippen LogP contribution in [-0.2, 0) is 16.1 Å². The zero-order valence-corrected chi connectivity index (χ0v) is 14.2. The van der Waals surface area contributed by atoms with Crippen LogP contribution in [0.15, 0.2) is 30.3 Å². The number of hydrogen-bond donors (Lipinski definition) is 1. The van der Waals surface area contributed by atoms with E-state index in [9.17, 15) is 9.59 Å². The van der Waals surface area contributed by atoms with E-state index in [1.165, 1.54) is 6.07 Å². The number of nitrogens with one attached hydrogen (secondary N) is 1. The molecule has 1 heterocycles. The Balaban J connectivity index is 1.80. The van der Waals surface area contributed by atoms with Crippen LogP contribution in [0.25, 0.3) is 0 Å². The molecule has 4 nitrogen and oxygen atoms in total. The van der Waals surface area contributed by atoms with Gasteiger partial charge < -0.3 is 10.1 Å². The van der Waals surface area contributed by atoms with Crippen molar-refractivity contribution in [1.29, 1.82) is 0 Å². The zero-order valence-electron chi connectivity index (χ0n) is 11.1. The van der Waals surface area contributed by atoms with E-state index < -0.39 is 18.5 Å². The SMILES string of the molecule is O=C(COC(=O)c1cc(Cl)sc1Cl)NCc1cccc(Cl)c1. The average Bonchev–Trinajstić information content (AvgIpc) is 2.81. The minimum Gasteiger partial charge on any atom is -0.452 e.